The van der Waals surface area contributed by atoms with Crippen molar-refractivity contribution in [1.82, 2.24) is 10.2 Å². The van der Waals surface area contributed by atoms with E-state index >= 15 is 0 Å². The van der Waals surface area contributed by atoms with Crippen molar-refractivity contribution in [3.8, 4) is 6.07 Å². The van der Waals surface area contributed by atoms with E-state index in [-0.39, 0.29) is 5.54 Å². The number of nitriles is 1. The molecule has 1 aliphatic carbocycles. The average Bonchev–Trinajstić information content (AvgIpc) is 2.76. The van der Waals surface area contributed by atoms with Crippen LogP contribution in [0.25, 0.3) is 0 Å². The van der Waals surface area contributed by atoms with Crippen molar-refractivity contribution in [2.75, 3.05) is 20.1 Å². The van der Waals surface area contributed by atoms with Gasteiger partial charge in [-0.2, -0.15) is 5.26 Å². The summed E-state index contributed by atoms with van der Waals surface area (Å²) in [4.78, 5) is 2.43. The van der Waals surface area contributed by atoms with Crippen LogP contribution < -0.4 is 5.32 Å². The fraction of sp³-hybridized carbons (Fsp3) is 0.941. The molecule has 0 aromatic heterocycles. The molecule has 0 amide bonds. The van der Waals surface area contributed by atoms with Crippen LogP contribution >= 0.6 is 0 Å². The van der Waals surface area contributed by atoms with E-state index in [0.717, 1.165) is 25.3 Å². The van der Waals surface area contributed by atoms with E-state index in [0.29, 0.717) is 12.0 Å². The van der Waals surface area contributed by atoms with Crippen LogP contribution in [-0.4, -0.2) is 36.6 Å². The van der Waals surface area contributed by atoms with Gasteiger partial charge >= 0.3 is 0 Å². The lowest BCUT2D eigenvalue weighted by atomic mass is 9.85. The Morgan fingerprint density at radius 1 is 1.30 bits per heavy atom. The summed E-state index contributed by atoms with van der Waals surface area (Å²) in [5, 5.41) is 13.2. The summed E-state index contributed by atoms with van der Waals surface area (Å²) in [6, 6.07) is 2.99. The van der Waals surface area contributed by atoms with Gasteiger partial charge in [0.25, 0.3) is 0 Å². The highest BCUT2D eigenvalue weighted by Crippen LogP contribution is 2.38. The Morgan fingerprint density at radius 2 is 2.00 bits per heavy atom. The van der Waals surface area contributed by atoms with E-state index in [1.54, 1.807) is 0 Å². The van der Waals surface area contributed by atoms with Crippen molar-refractivity contribution in [3.05, 3.63) is 0 Å². The lowest BCUT2D eigenvalue weighted by molar-refractivity contribution is 0.234. The van der Waals surface area contributed by atoms with E-state index in [9.17, 15) is 5.26 Å². The summed E-state index contributed by atoms with van der Waals surface area (Å²) in [5.74, 6) is 1.28. The standard InChI is InChI=1S/C17H33N3/c1-14(2)8-11-20(5)12-9-16-7-6-10-17(16,13-18)19-15(3)4/h14-16,19H,6-12H2,1-5H3. The van der Waals surface area contributed by atoms with Crippen LogP contribution in [0.1, 0.15) is 59.8 Å². The minimum atomic E-state index is -0.271. The third kappa shape index (κ3) is 5.07. The molecular weight excluding hydrogens is 246 g/mol. The van der Waals surface area contributed by atoms with Crippen LogP contribution in [0.4, 0.5) is 0 Å². The molecule has 20 heavy (non-hydrogen) atoms. The molecule has 1 aliphatic rings. The largest absolute Gasteiger partial charge is 0.306 e. The number of hydrogen-bond donors (Lipinski definition) is 1. The van der Waals surface area contributed by atoms with Crippen molar-refractivity contribution in [3.63, 3.8) is 0 Å². The fourth-order valence-corrected chi connectivity index (χ4v) is 3.32. The number of hydrogen-bond acceptors (Lipinski definition) is 3. The molecule has 2 unspecified atom stereocenters. The highest BCUT2D eigenvalue weighted by Gasteiger charge is 2.43. The summed E-state index contributed by atoms with van der Waals surface area (Å²) in [6.45, 7) is 11.1. The van der Waals surface area contributed by atoms with Gasteiger partial charge in [0.05, 0.1) is 6.07 Å². The molecule has 3 heteroatoms. The summed E-state index contributed by atoms with van der Waals surface area (Å²) >= 11 is 0. The maximum atomic E-state index is 9.65. The summed E-state index contributed by atoms with van der Waals surface area (Å²) in [6.07, 6.45) is 5.80. The van der Waals surface area contributed by atoms with Crippen LogP contribution in [0.3, 0.4) is 0 Å². The van der Waals surface area contributed by atoms with E-state index in [1.807, 2.05) is 0 Å². The van der Waals surface area contributed by atoms with E-state index < -0.39 is 0 Å². The zero-order valence-corrected chi connectivity index (χ0v) is 14.1. The summed E-state index contributed by atoms with van der Waals surface area (Å²) < 4.78 is 0. The first-order valence-electron chi connectivity index (χ1n) is 8.27. The van der Waals surface area contributed by atoms with Gasteiger partial charge in [0.2, 0.25) is 0 Å². The maximum absolute atomic E-state index is 9.65. The van der Waals surface area contributed by atoms with Crippen LogP contribution in [0.15, 0.2) is 0 Å². The second kappa shape index (κ2) is 8.00. The molecule has 3 nitrogen and oxygen atoms in total. The predicted octanol–water partition coefficient (Wildman–Crippen LogP) is 3.41. The molecule has 1 N–H and O–H groups in total. The topological polar surface area (TPSA) is 39.1 Å². The maximum Gasteiger partial charge on any atom is 0.109 e. The molecule has 0 radical (unpaired) electrons. The minimum Gasteiger partial charge on any atom is -0.306 e. The molecule has 116 valence electrons. The lowest BCUT2D eigenvalue weighted by Crippen LogP contribution is -2.50. The molecule has 0 spiro atoms. The van der Waals surface area contributed by atoms with Crippen molar-refractivity contribution in [2.45, 2.75) is 71.4 Å². The Bertz CT molecular complexity index is 319. The zero-order chi connectivity index (χ0) is 15.2. The molecule has 0 bridgehead atoms. The number of nitrogens with zero attached hydrogens (tertiary/aromatic N) is 2. The molecule has 0 aromatic carbocycles. The highest BCUT2D eigenvalue weighted by atomic mass is 15.1. The summed E-state index contributed by atoms with van der Waals surface area (Å²) in [5.41, 5.74) is -0.271. The molecule has 0 heterocycles. The zero-order valence-electron chi connectivity index (χ0n) is 14.1. The highest BCUT2D eigenvalue weighted by molar-refractivity contribution is 5.14. The minimum absolute atomic E-state index is 0.271. The van der Waals surface area contributed by atoms with Gasteiger partial charge in [0.15, 0.2) is 0 Å². The Balaban J connectivity index is 2.47. The van der Waals surface area contributed by atoms with Crippen molar-refractivity contribution in [2.24, 2.45) is 11.8 Å². The smallest absolute Gasteiger partial charge is 0.109 e. The second-order valence-corrected chi connectivity index (χ2v) is 7.25. The van der Waals surface area contributed by atoms with Gasteiger partial charge < -0.3 is 4.90 Å². The van der Waals surface area contributed by atoms with Crippen molar-refractivity contribution < 1.29 is 0 Å². The Labute approximate surface area is 125 Å². The molecule has 1 fully saturated rings. The molecule has 0 aliphatic heterocycles. The third-order valence-electron chi connectivity index (χ3n) is 4.51. The van der Waals surface area contributed by atoms with Gasteiger partial charge in [0, 0.05) is 6.04 Å². The first-order chi connectivity index (χ1) is 9.39. The van der Waals surface area contributed by atoms with Gasteiger partial charge in [-0.05, 0) is 71.5 Å². The first kappa shape index (κ1) is 17.5. The molecule has 0 aromatic rings. The molecule has 0 saturated heterocycles. The summed E-state index contributed by atoms with van der Waals surface area (Å²) in [7, 11) is 2.21. The monoisotopic (exact) mass is 279 g/mol. The van der Waals surface area contributed by atoms with E-state index in [4.69, 9.17) is 0 Å². The quantitative estimate of drug-likeness (QED) is 0.740. The van der Waals surface area contributed by atoms with Gasteiger partial charge in [-0.25, -0.2) is 0 Å². The van der Waals surface area contributed by atoms with Crippen molar-refractivity contribution in [1.29, 1.82) is 5.26 Å². The van der Waals surface area contributed by atoms with Crippen LogP contribution in [-0.2, 0) is 0 Å². The Kier molecular flexibility index (Phi) is 6.99. The molecule has 1 saturated carbocycles. The van der Waals surface area contributed by atoms with Crippen LogP contribution in [0.5, 0.6) is 0 Å². The second-order valence-electron chi connectivity index (χ2n) is 7.25. The van der Waals surface area contributed by atoms with Crippen LogP contribution in [0.2, 0.25) is 0 Å². The SMILES string of the molecule is CC(C)CCN(C)CCC1CCCC1(C#N)NC(C)C. The average molecular weight is 279 g/mol. The van der Waals surface area contributed by atoms with Gasteiger partial charge in [-0.3, -0.25) is 5.32 Å². The first-order valence-corrected chi connectivity index (χ1v) is 8.27. The van der Waals surface area contributed by atoms with E-state index in [1.165, 1.54) is 25.8 Å². The lowest BCUT2D eigenvalue weighted by Gasteiger charge is -2.33. The predicted molar refractivity (Wildman–Crippen MR) is 85.5 cm³/mol. The third-order valence-corrected chi connectivity index (χ3v) is 4.51. The molecular formula is C17H33N3. The van der Waals surface area contributed by atoms with Crippen LogP contribution in [0, 0.1) is 23.2 Å². The number of rotatable bonds is 8. The number of nitrogens with one attached hydrogen (secondary N) is 1. The Morgan fingerprint density at radius 3 is 2.55 bits per heavy atom. The van der Waals surface area contributed by atoms with E-state index in [2.05, 4.69) is 51.0 Å². The van der Waals surface area contributed by atoms with Gasteiger partial charge in [0.1, 0.15) is 5.54 Å². The van der Waals surface area contributed by atoms with Crippen molar-refractivity contribution >= 4 is 0 Å². The van der Waals surface area contributed by atoms with Gasteiger partial charge in [-0.1, -0.05) is 20.3 Å². The molecule has 1 rings (SSSR count). The molecule has 2 atom stereocenters. The normalized spacial score (nSPS) is 26.6. The van der Waals surface area contributed by atoms with Gasteiger partial charge in [-0.15, -0.1) is 0 Å². The Hall–Kier alpha value is -0.590. The fourth-order valence-electron chi connectivity index (χ4n) is 3.32.